The number of imidazole rings is 1. The number of benzene rings is 1. The topological polar surface area (TPSA) is 38.1 Å². The number of aromatic nitrogens is 2. The number of nitrogens with zero attached hydrogens (tertiary/aromatic N) is 3. The van der Waals surface area contributed by atoms with Gasteiger partial charge in [0.15, 0.2) is 0 Å². The maximum atomic E-state index is 13.0. The molecule has 25 heavy (non-hydrogen) atoms. The Kier molecular flexibility index (Phi) is 4.20. The lowest BCUT2D eigenvalue weighted by Crippen LogP contribution is -2.29. The van der Waals surface area contributed by atoms with Crippen molar-refractivity contribution >= 4 is 5.91 Å². The first-order valence-corrected chi connectivity index (χ1v) is 9.21. The third kappa shape index (κ3) is 3.01. The number of carbonyl (C=O) groups excluding carboxylic acids is 1. The molecule has 0 N–H and O–H groups in total. The van der Waals surface area contributed by atoms with E-state index in [1.165, 1.54) is 0 Å². The van der Waals surface area contributed by atoms with Crippen LogP contribution in [0.2, 0.25) is 0 Å². The molecule has 2 atom stereocenters. The second-order valence-electron chi connectivity index (χ2n) is 7.51. The number of carbonyl (C=O) groups is 1. The Hall–Kier alpha value is -2.36. The highest BCUT2D eigenvalue weighted by Crippen LogP contribution is 2.33. The van der Waals surface area contributed by atoms with Gasteiger partial charge in [0.05, 0.1) is 0 Å². The third-order valence-corrected chi connectivity index (χ3v) is 5.50. The van der Waals surface area contributed by atoms with Crippen LogP contribution < -0.4 is 0 Å². The van der Waals surface area contributed by atoms with E-state index < -0.39 is 0 Å². The monoisotopic (exact) mass is 335 g/mol. The van der Waals surface area contributed by atoms with Gasteiger partial charge in [-0.15, -0.1) is 0 Å². The van der Waals surface area contributed by atoms with Crippen molar-refractivity contribution < 1.29 is 4.79 Å². The molecule has 4 heteroatoms. The van der Waals surface area contributed by atoms with Gasteiger partial charge in [0, 0.05) is 42.7 Å². The van der Waals surface area contributed by atoms with Gasteiger partial charge in [-0.1, -0.05) is 24.3 Å². The van der Waals surface area contributed by atoms with Crippen molar-refractivity contribution in [3.63, 3.8) is 0 Å². The molecule has 4 nitrogen and oxygen atoms in total. The van der Waals surface area contributed by atoms with E-state index in [-0.39, 0.29) is 5.91 Å². The number of hydrogen-bond acceptors (Lipinski definition) is 2. The fraction of sp³-hybridized carbons (Fsp3) is 0.429. The molecule has 1 saturated heterocycles. The Morgan fingerprint density at radius 3 is 2.56 bits per heavy atom. The van der Waals surface area contributed by atoms with Gasteiger partial charge in [0.1, 0.15) is 5.82 Å². The molecule has 0 radical (unpaired) electrons. The van der Waals surface area contributed by atoms with Crippen LogP contribution in [0.4, 0.5) is 0 Å². The van der Waals surface area contributed by atoms with Crippen LogP contribution in [0, 0.1) is 11.8 Å². The van der Waals surface area contributed by atoms with Crippen molar-refractivity contribution in [2.45, 2.75) is 32.7 Å². The van der Waals surface area contributed by atoms with Crippen molar-refractivity contribution in [3.05, 3.63) is 54.4 Å². The van der Waals surface area contributed by atoms with Crippen molar-refractivity contribution in [3.8, 4) is 11.4 Å². The van der Waals surface area contributed by atoms with Crippen LogP contribution in [0.1, 0.15) is 43.1 Å². The Morgan fingerprint density at radius 1 is 1.16 bits per heavy atom. The minimum atomic E-state index is 0.152. The van der Waals surface area contributed by atoms with Crippen LogP contribution in [-0.4, -0.2) is 33.4 Å². The first-order chi connectivity index (χ1) is 12.1. The molecular formula is C21H25N3O. The minimum absolute atomic E-state index is 0.152. The van der Waals surface area contributed by atoms with Crippen LogP contribution in [0.5, 0.6) is 0 Å². The zero-order chi connectivity index (χ0) is 17.4. The van der Waals surface area contributed by atoms with Crippen LogP contribution in [-0.2, 0) is 0 Å². The second kappa shape index (κ2) is 6.51. The highest BCUT2D eigenvalue weighted by atomic mass is 16.2. The van der Waals surface area contributed by atoms with Crippen molar-refractivity contribution in [1.29, 1.82) is 0 Å². The molecule has 2 aliphatic rings. The molecule has 0 bridgehead atoms. The van der Waals surface area contributed by atoms with Crippen LogP contribution >= 0.6 is 0 Å². The molecule has 0 saturated carbocycles. The van der Waals surface area contributed by atoms with Gasteiger partial charge in [-0.25, -0.2) is 4.98 Å². The van der Waals surface area contributed by atoms with E-state index in [4.69, 9.17) is 0 Å². The van der Waals surface area contributed by atoms with Gasteiger partial charge in [0.25, 0.3) is 5.91 Å². The maximum Gasteiger partial charge on any atom is 0.253 e. The predicted molar refractivity (Wildman–Crippen MR) is 99.3 cm³/mol. The first kappa shape index (κ1) is 16.1. The van der Waals surface area contributed by atoms with Crippen molar-refractivity contribution in [1.82, 2.24) is 14.5 Å². The van der Waals surface area contributed by atoms with Crippen LogP contribution in [0.25, 0.3) is 11.4 Å². The normalized spacial score (nSPS) is 22.4. The van der Waals surface area contributed by atoms with Gasteiger partial charge in [-0.3, -0.25) is 4.79 Å². The Labute approximate surface area is 149 Å². The summed E-state index contributed by atoms with van der Waals surface area (Å²) < 4.78 is 2.14. The Bertz CT molecular complexity index is 789. The summed E-state index contributed by atoms with van der Waals surface area (Å²) in [6.45, 7) is 6.05. The van der Waals surface area contributed by atoms with Crippen LogP contribution in [0.3, 0.4) is 0 Å². The number of hydrogen-bond donors (Lipinski definition) is 0. The van der Waals surface area contributed by atoms with E-state index in [9.17, 15) is 4.79 Å². The smallest absolute Gasteiger partial charge is 0.253 e. The summed E-state index contributed by atoms with van der Waals surface area (Å²) >= 11 is 0. The molecule has 0 unspecified atom stereocenters. The van der Waals surface area contributed by atoms with E-state index in [0.29, 0.717) is 17.9 Å². The zero-order valence-corrected chi connectivity index (χ0v) is 14.9. The lowest BCUT2D eigenvalue weighted by molar-refractivity contribution is 0.0784. The molecule has 1 aliphatic heterocycles. The summed E-state index contributed by atoms with van der Waals surface area (Å²) in [6.07, 6.45) is 10.6. The molecule has 1 aromatic carbocycles. The molecule has 1 aliphatic carbocycles. The molecule has 1 fully saturated rings. The van der Waals surface area contributed by atoms with Gasteiger partial charge >= 0.3 is 0 Å². The van der Waals surface area contributed by atoms with E-state index >= 15 is 0 Å². The van der Waals surface area contributed by atoms with E-state index in [1.807, 2.05) is 41.6 Å². The average Bonchev–Trinajstić information content (AvgIpc) is 3.28. The van der Waals surface area contributed by atoms with E-state index in [1.54, 1.807) is 0 Å². The second-order valence-corrected chi connectivity index (χ2v) is 7.51. The largest absolute Gasteiger partial charge is 0.338 e. The standard InChI is InChI=1S/C21H25N3O/c1-15(2)24-11-10-22-20(24)16-8-5-9-17(12-16)21(25)23-13-18-6-3-4-7-19(18)14-23/h3-5,8-12,15,18-19H,6-7,13-14H2,1-2H3/t18-,19+. The lowest BCUT2D eigenvalue weighted by Gasteiger charge is -2.17. The molecule has 2 heterocycles. The Morgan fingerprint density at radius 2 is 1.88 bits per heavy atom. The highest BCUT2D eigenvalue weighted by Gasteiger charge is 2.35. The quantitative estimate of drug-likeness (QED) is 0.790. The number of allylic oxidation sites excluding steroid dienone is 2. The van der Waals surface area contributed by atoms with Gasteiger partial charge < -0.3 is 9.47 Å². The van der Waals surface area contributed by atoms with Gasteiger partial charge in [-0.05, 0) is 50.7 Å². The first-order valence-electron chi connectivity index (χ1n) is 9.21. The van der Waals surface area contributed by atoms with Crippen molar-refractivity contribution in [2.24, 2.45) is 11.8 Å². The summed E-state index contributed by atoms with van der Waals surface area (Å²) in [5.74, 6) is 2.34. The third-order valence-electron chi connectivity index (χ3n) is 5.50. The number of rotatable bonds is 3. The highest BCUT2D eigenvalue weighted by molar-refractivity contribution is 5.95. The maximum absolute atomic E-state index is 13.0. The number of likely N-dealkylation sites (tertiary alicyclic amines) is 1. The number of fused-ring (bicyclic) bond motifs is 1. The van der Waals surface area contributed by atoms with Crippen LogP contribution in [0.15, 0.2) is 48.8 Å². The summed E-state index contributed by atoms with van der Waals surface area (Å²) in [7, 11) is 0. The van der Waals surface area contributed by atoms with E-state index in [0.717, 1.165) is 42.9 Å². The van der Waals surface area contributed by atoms with Gasteiger partial charge in [-0.2, -0.15) is 0 Å². The molecular weight excluding hydrogens is 310 g/mol. The number of amides is 1. The molecule has 1 aromatic heterocycles. The summed E-state index contributed by atoms with van der Waals surface area (Å²) in [6, 6.07) is 8.25. The van der Waals surface area contributed by atoms with Crippen molar-refractivity contribution in [2.75, 3.05) is 13.1 Å². The fourth-order valence-corrected chi connectivity index (χ4v) is 4.11. The lowest BCUT2D eigenvalue weighted by atomic mass is 9.86. The average molecular weight is 335 g/mol. The summed E-state index contributed by atoms with van der Waals surface area (Å²) in [4.78, 5) is 19.5. The molecule has 0 spiro atoms. The van der Waals surface area contributed by atoms with E-state index in [2.05, 4.69) is 35.6 Å². The zero-order valence-electron chi connectivity index (χ0n) is 14.9. The summed E-state index contributed by atoms with van der Waals surface area (Å²) in [5, 5.41) is 0. The molecule has 130 valence electrons. The summed E-state index contributed by atoms with van der Waals surface area (Å²) in [5.41, 5.74) is 1.77. The fourth-order valence-electron chi connectivity index (χ4n) is 4.11. The molecule has 1 amide bonds. The SMILES string of the molecule is CC(C)n1ccnc1-c1cccc(C(=O)N2C[C@H]3CC=CC[C@H]3C2)c1. The molecule has 4 rings (SSSR count). The Balaban J connectivity index is 1.57. The molecule has 2 aromatic rings. The minimum Gasteiger partial charge on any atom is -0.338 e. The predicted octanol–water partition coefficient (Wildman–Crippen LogP) is 4.17. The van der Waals surface area contributed by atoms with Gasteiger partial charge in [0.2, 0.25) is 0 Å².